The molecule has 1 saturated carbocycles. The van der Waals surface area contributed by atoms with E-state index >= 15 is 0 Å². The Bertz CT molecular complexity index is 710. The van der Waals surface area contributed by atoms with Gasteiger partial charge in [-0.1, -0.05) is 148 Å². The van der Waals surface area contributed by atoms with Gasteiger partial charge in [0.05, 0.1) is 25.1 Å². The highest BCUT2D eigenvalue weighted by Crippen LogP contribution is 2.23. The molecule has 0 bridgehead atoms. The quantitative estimate of drug-likeness (QED) is 0.0503. The predicted octanol–water partition coefficient (Wildman–Crippen LogP) is 13.0. The van der Waals surface area contributed by atoms with Gasteiger partial charge in [0.15, 0.2) is 0 Å². The number of allylic oxidation sites excluding steroid dienone is 2. The van der Waals surface area contributed by atoms with Crippen molar-refractivity contribution in [1.29, 1.82) is 0 Å². The monoisotopic (exact) mass is 692 g/mol. The lowest BCUT2D eigenvalue weighted by atomic mass is 10.0. The molecule has 0 aromatic carbocycles. The Morgan fingerprint density at radius 1 is 0.592 bits per heavy atom. The molecular weight excluding hydrogens is 606 g/mol. The third-order valence-electron chi connectivity index (χ3n) is 10.6. The van der Waals surface area contributed by atoms with Crippen molar-refractivity contribution < 1.29 is 19.4 Å². The van der Waals surface area contributed by atoms with Crippen molar-refractivity contribution in [2.45, 2.75) is 232 Å². The number of nitrogens with zero attached hydrogens (tertiary/aromatic N) is 1. The van der Waals surface area contributed by atoms with Crippen LogP contribution in [0.4, 0.5) is 0 Å². The van der Waals surface area contributed by atoms with Crippen LogP contribution in [0.2, 0.25) is 0 Å². The zero-order valence-electron chi connectivity index (χ0n) is 33.1. The third kappa shape index (κ3) is 31.4. The summed E-state index contributed by atoms with van der Waals surface area (Å²) in [6, 6.07) is 0. The molecule has 290 valence electrons. The number of carbonyl (C=O) groups is 1. The van der Waals surface area contributed by atoms with Crippen LogP contribution < -0.4 is 0 Å². The van der Waals surface area contributed by atoms with Gasteiger partial charge in [0, 0.05) is 19.4 Å². The number of hydrogen-bond donors (Lipinski definition) is 1. The molecule has 0 heterocycles. The summed E-state index contributed by atoms with van der Waals surface area (Å²) in [5, 5.41) is 9.57. The first-order valence-electron chi connectivity index (χ1n) is 22.0. The Labute approximate surface area is 306 Å². The second kappa shape index (κ2) is 36.7. The first kappa shape index (κ1) is 46.0. The molecule has 5 nitrogen and oxygen atoms in total. The summed E-state index contributed by atoms with van der Waals surface area (Å²) in [4.78, 5) is 14.4. The van der Waals surface area contributed by atoms with Gasteiger partial charge in [-0.2, -0.15) is 0 Å². The summed E-state index contributed by atoms with van der Waals surface area (Å²) < 4.78 is 12.1. The molecule has 0 amide bonds. The smallest absolute Gasteiger partial charge is 0.305 e. The van der Waals surface area contributed by atoms with Gasteiger partial charge in [0.1, 0.15) is 0 Å². The van der Waals surface area contributed by atoms with Crippen LogP contribution in [0.1, 0.15) is 226 Å². The maximum Gasteiger partial charge on any atom is 0.305 e. The minimum Gasteiger partial charge on any atom is -0.495 e. The number of carbonyl (C=O) groups excluding carboxylic acids is 1. The molecule has 0 aromatic heterocycles. The van der Waals surface area contributed by atoms with Crippen molar-refractivity contribution in [3.63, 3.8) is 0 Å². The van der Waals surface area contributed by atoms with Gasteiger partial charge in [-0.3, -0.25) is 4.79 Å². The molecule has 0 saturated heterocycles. The van der Waals surface area contributed by atoms with Crippen LogP contribution in [-0.2, 0) is 14.3 Å². The van der Waals surface area contributed by atoms with Crippen LogP contribution in [0.15, 0.2) is 11.8 Å². The van der Waals surface area contributed by atoms with Gasteiger partial charge in [0.25, 0.3) is 0 Å². The number of unbranched alkanes of at least 4 members (excludes halogenated alkanes) is 14. The van der Waals surface area contributed by atoms with Crippen molar-refractivity contribution in [2.75, 3.05) is 32.8 Å². The zero-order chi connectivity index (χ0) is 35.3. The van der Waals surface area contributed by atoms with Crippen LogP contribution >= 0.6 is 0 Å². The Morgan fingerprint density at radius 3 is 1.55 bits per heavy atom. The van der Waals surface area contributed by atoms with E-state index in [1.807, 2.05) is 0 Å². The van der Waals surface area contributed by atoms with Crippen LogP contribution in [0.3, 0.4) is 0 Å². The SMILES string of the molecule is C/C=C(\CCCCCCCN(CCO)CCCCCCCC(=O)OCCCCCCCCC)OC1CCCCCCCCCCCCCC1. The molecule has 1 aliphatic carbocycles. The first-order valence-corrected chi connectivity index (χ1v) is 22.0. The number of rotatable bonds is 28. The molecule has 49 heavy (non-hydrogen) atoms. The van der Waals surface area contributed by atoms with E-state index in [2.05, 4.69) is 24.8 Å². The highest BCUT2D eigenvalue weighted by atomic mass is 16.5. The number of esters is 1. The average molecular weight is 692 g/mol. The lowest BCUT2D eigenvalue weighted by Crippen LogP contribution is -2.29. The van der Waals surface area contributed by atoms with E-state index < -0.39 is 0 Å². The maximum absolute atomic E-state index is 12.0. The minimum absolute atomic E-state index is 0.0158. The molecule has 0 aromatic rings. The summed E-state index contributed by atoms with van der Waals surface area (Å²) in [7, 11) is 0. The van der Waals surface area contributed by atoms with E-state index in [0.717, 1.165) is 45.3 Å². The highest BCUT2D eigenvalue weighted by molar-refractivity contribution is 5.69. The standard InChI is InChI=1S/C44H85NO4/c1-3-5-6-7-16-25-32-41-48-44(47)36-29-22-18-24-31-38-45(39-40-46)37-30-23-17-21-26-33-42(4-2)49-43-34-27-19-14-12-10-8-9-11-13-15-20-28-35-43/h4,43,46H,3,5-41H2,1-2H3/b42-4+. The van der Waals surface area contributed by atoms with E-state index in [9.17, 15) is 9.90 Å². The fourth-order valence-corrected chi connectivity index (χ4v) is 7.35. The van der Waals surface area contributed by atoms with Gasteiger partial charge in [0.2, 0.25) is 0 Å². The molecule has 1 rings (SSSR count). The number of ether oxygens (including phenoxy) is 2. The van der Waals surface area contributed by atoms with Crippen molar-refractivity contribution >= 4 is 5.97 Å². The Kier molecular flexibility index (Phi) is 34.4. The molecule has 1 N–H and O–H groups in total. The van der Waals surface area contributed by atoms with Gasteiger partial charge < -0.3 is 19.5 Å². The van der Waals surface area contributed by atoms with Gasteiger partial charge in [-0.15, -0.1) is 0 Å². The van der Waals surface area contributed by atoms with E-state index in [4.69, 9.17) is 9.47 Å². The van der Waals surface area contributed by atoms with E-state index in [0.29, 0.717) is 19.1 Å². The van der Waals surface area contributed by atoms with E-state index in [1.165, 1.54) is 186 Å². The summed E-state index contributed by atoms with van der Waals surface area (Å²) in [6.07, 6.45) is 44.2. The average Bonchev–Trinajstić information content (AvgIpc) is 3.11. The van der Waals surface area contributed by atoms with E-state index in [1.54, 1.807) is 0 Å². The fourth-order valence-electron chi connectivity index (χ4n) is 7.35. The number of aliphatic hydroxyl groups is 1. The highest BCUT2D eigenvalue weighted by Gasteiger charge is 2.13. The van der Waals surface area contributed by atoms with Crippen LogP contribution in [0.25, 0.3) is 0 Å². The molecule has 0 unspecified atom stereocenters. The maximum atomic E-state index is 12.0. The largest absolute Gasteiger partial charge is 0.495 e. The second-order valence-electron chi connectivity index (χ2n) is 15.3. The topological polar surface area (TPSA) is 59.0 Å². The Morgan fingerprint density at radius 2 is 1.04 bits per heavy atom. The normalized spacial score (nSPS) is 16.4. The molecule has 1 aliphatic rings. The lowest BCUT2D eigenvalue weighted by molar-refractivity contribution is -0.143. The van der Waals surface area contributed by atoms with Crippen molar-refractivity contribution in [3.05, 3.63) is 11.8 Å². The molecule has 5 heteroatoms. The van der Waals surface area contributed by atoms with Crippen molar-refractivity contribution in [1.82, 2.24) is 4.90 Å². The second-order valence-corrected chi connectivity index (χ2v) is 15.3. The van der Waals surface area contributed by atoms with Crippen LogP contribution in [0.5, 0.6) is 0 Å². The lowest BCUT2D eigenvalue weighted by Gasteiger charge is -2.22. The fraction of sp³-hybridized carbons (Fsp3) is 0.932. The molecule has 0 spiro atoms. The summed E-state index contributed by atoms with van der Waals surface area (Å²) >= 11 is 0. The zero-order valence-corrected chi connectivity index (χ0v) is 33.1. The Balaban J connectivity index is 2.08. The van der Waals surface area contributed by atoms with Crippen LogP contribution in [-0.4, -0.2) is 54.9 Å². The Hall–Kier alpha value is -1.07. The number of hydrogen-bond acceptors (Lipinski definition) is 5. The molecular formula is C44H85NO4. The van der Waals surface area contributed by atoms with Crippen molar-refractivity contribution in [2.24, 2.45) is 0 Å². The van der Waals surface area contributed by atoms with Gasteiger partial charge >= 0.3 is 5.97 Å². The summed E-state index contributed by atoms with van der Waals surface area (Å²) in [5.41, 5.74) is 0. The van der Waals surface area contributed by atoms with E-state index in [-0.39, 0.29) is 12.6 Å². The molecule has 0 radical (unpaired) electrons. The predicted molar refractivity (Wildman–Crippen MR) is 211 cm³/mol. The minimum atomic E-state index is -0.0158. The van der Waals surface area contributed by atoms with Crippen LogP contribution in [0, 0.1) is 0 Å². The number of aliphatic hydroxyl groups excluding tert-OH is 1. The molecule has 0 aliphatic heterocycles. The molecule has 0 atom stereocenters. The summed E-state index contributed by atoms with van der Waals surface area (Å²) in [6.45, 7) is 8.20. The van der Waals surface area contributed by atoms with Gasteiger partial charge in [-0.05, 0) is 83.9 Å². The van der Waals surface area contributed by atoms with Gasteiger partial charge in [-0.25, -0.2) is 0 Å². The molecule has 1 fully saturated rings. The van der Waals surface area contributed by atoms with Crippen molar-refractivity contribution in [3.8, 4) is 0 Å². The third-order valence-corrected chi connectivity index (χ3v) is 10.6. The summed E-state index contributed by atoms with van der Waals surface area (Å²) in [5.74, 6) is 1.22. The first-order chi connectivity index (χ1) is 24.2.